The van der Waals surface area contributed by atoms with Gasteiger partial charge in [-0.15, -0.1) is 0 Å². The van der Waals surface area contributed by atoms with E-state index in [0.29, 0.717) is 6.54 Å². The van der Waals surface area contributed by atoms with Crippen molar-refractivity contribution in [1.29, 1.82) is 0 Å². The van der Waals surface area contributed by atoms with Crippen molar-refractivity contribution < 1.29 is 0 Å². The van der Waals surface area contributed by atoms with Gasteiger partial charge in [-0.25, -0.2) is 0 Å². The number of nitrogens with zero attached hydrogens (tertiary/aromatic N) is 2. The number of pyridine rings is 1. The Bertz CT molecular complexity index is 1500. The molecule has 6 aromatic rings. The number of rotatable bonds is 5. The van der Waals surface area contributed by atoms with Gasteiger partial charge in [-0.2, -0.15) is 0 Å². The van der Waals surface area contributed by atoms with E-state index >= 15 is 0 Å². The summed E-state index contributed by atoms with van der Waals surface area (Å²) in [6.45, 7) is 0.715. The van der Waals surface area contributed by atoms with E-state index in [9.17, 15) is 0 Å². The third kappa shape index (κ3) is 3.13. The van der Waals surface area contributed by atoms with Gasteiger partial charge >= 0.3 is 0 Å². The van der Waals surface area contributed by atoms with Gasteiger partial charge in [0.25, 0.3) is 0 Å². The summed E-state index contributed by atoms with van der Waals surface area (Å²) in [7, 11) is 0. The molecule has 3 aromatic carbocycles. The fourth-order valence-electron chi connectivity index (χ4n) is 4.49. The van der Waals surface area contributed by atoms with E-state index < -0.39 is 0 Å². The Kier molecular flexibility index (Phi) is 4.47. The summed E-state index contributed by atoms with van der Waals surface area (Å²) in [6.07, 6.45) is 5.84. The molecule has 0 bridgehead atoms. The second-order valence-electron chi connectivity index (χ2n) is 7.90. The van der Waals surface area contributed by atoms with E-state index in [1.807, 2.05) is 36.8 Å². The van der Waals surface area contributed by atoms with Crippen LogP contribution in [0.25, 0.3) is 32.9 Å². The highest BCUT2D eigenvalue weighted by Crippen LogP contribution is 2.40. The van der Waals surface area contributed by atoms with Gasteiger partial charge < -0.3 is 14.9 Å². The van der Waals surface area contributed by atoms with E-state index in [1.54, 1.807) is 0 Å². The summed E-state index contributed by atoms with van der Waals surface area (Å²) in [4.78, 5) is 13.9. The lowest BCUT2D eigenvalue weighted by Gasteiger charge is -2.28. The molecule has 0 saturated heterocycles. The van der Waals surface area contributed by atoms with Crippen LogP contribution in [0.3, 0.4) is 0 Å². The normalized spacial score (nSPS) is 11.2. The Morgan fingerprint density at radius 2 is 1.53 bits per heavy atom. The molecule has 0 saturated carbocycles. The molecule has 0 spiro atoms. The molecule has 6 rings (SSSR count). The van der Waals surface area contributed by atoms with Crippen LogP contribution in [0.5, 0.6) is 0 Å². The lowest BCUT2D eigenvalue weighted by molar-refractivity contribution is 0.944. The molecule has 154 valence electrons. The zero-order valence-corrected chi connectivity index (χ0v) is 17.5. The van der Waals surface area contributed by atoms with Gasteiger partial charge in [0.1, 0.15) is 0 Å². The predicted octanol–water partition coefficient (Wildman–Crippen LogP) is 7.05. The average molecular weight is 415 g/mol. The van der Waals surface area contributed by atoms with Crippen LogP contribution in [-0.4, -0.2) is 15.0 Å². The number of anilines is 2. The lowest BCUT2D eigenvalue weighted by Crippen LogP contribution is -2.18. The summed E-state index contributed by atoms with van der Waals surface area (Å²) in [5.41, 5.74) is 6.66. The molecule has 0 aliphatic heterocycles. The first kappa shape index (κ1) is 18.5. The van der Waals surface area contributed by atoms with Crippen LogP contribution < -0.4 is 4.90 Å². The highest BCUT2D eigenvalue weighted by molar-refractivity contribution is 6.13. The first-order valence-electron chi connectivity index (χ1n) is 10.8. The van der Waals surface area contributed by atoms with Gasteiger partial charge in [0.2, 0.25) is 0 Å². The van der Waals surface area contributed by atoms with Crippen LogP contribution in [0.4, 0.5) is 11.4 Å². The van der Waals surface area contributed by atoms with Crippen molar-refractivity contribution >= 4 is 33.1 Å². The largest absolute Gasteiger partial charge is 0.364 e. The van der Waals surface area contributed by atoms with Crippen molar-refractivity contribution in [2.75, 3.05) is 4.90 Å². The maximum absolute atomic E-state index is 4.65. The molecule has 0 aliphatic carbocycles. The zero-order chi connectivity index (χ0) is 21.3. The molecule has 0 radical (unpaired) electrons. The van der Waals surface area contributed by atoms with E-state index in [4.69, 9.17) is 0 Å². The van der Waals surface area contributed by atoms with Gasteiger partial charge in [-0.3, -0.25) is 4.98 Å². The summed E-state index contributed by atoms with van der Waals surface area (Å²) in [5.74, 6) is 0. The maximum atomic E-state index is 4.65. The Morgan fingerprint density at radius 1 is 0.656 bits per heavy atom. The summed E-state index contributed by atoms with van der Waals surface area (Å²) in [5, 5.41) is 3.64. The molecular weight excluding hydrogens is 392 g/mol. The topological polar surface area (TPSA) is 47.7 Å². The highest BCUT2D eigenvalue weighted by atomic mass is 15.1. The molecule has 0 aliphatic rings. The second-order valence-corrected chi connectivity index (χ2v) is 7.90. The molecule has 0 atom stereocenters. The Morgan fingerprint density at radius 3 is 2.41 bits per heavy atom. The van der Waals surface area contributed by atoms with Crippen LogP contribution in [0.2, 0.25) is 0 Å². The molecule has 2 N–H and O–H groups in total. The standard InChI is InChI=1S/C28H22N4/c1-2-11-25(23(9-1)24-10-3-4-16-30-24)32(19-22-8-6-17-29-22)26-12-5-7-20-13-14-21-15-18-31-28(21)27(20)26/h1-18,29,31H,19H2. The van der Waals surface area contributed by atoms with Gasteiger partial charge in [0.05, 0.1) is 29.1 Å². The highest BCUT2D eigenvalue weighted by Gasteiger charge is 2.19. The van der Waals surface area contributed by atoms with Crippen LogP contribution in [0.15, 0.2) is 110 Å². The third-order valence-electron chi connectivity index (χ3n) is 5.96. The number of hydrogen-bond donors (Lipinski definition) is 2. The lowest BCUT2D eigenvalue weighted by atomic mass is 10.0. The average Bonchev–Trinajstić information content (AvgIpc) is 3.55. The third-order valence-corrected chi connectivity index (χ3v) is 5.96. The number of fused-ring (bicyclic) bond motifs is 3. The number of hydrogen-bond acceptors (Lipinski definition) is 2. The van der Waals surface area contributed by atoms with Crippen molar-refractivity contribution in [2.45, 2.75) is 6.54 Å². The summed E-state index contributed by atoms with van der Waals surface area (Å²) in [6, 6.07) is 31.8. The fourth-order valence-corrected chi connectivity index (χ4v) is 4.49. The minimum absolute atomic E-state index is 0.715. The van der Waals surface area contributed by atoms with Crippen molar-refractivity contribution in [3.8, 4) is 11.3 Å². The first-order chi connectivity index (χ1) is 15.9. The van der Waals surface area contributed by atoms with Crippen LogP contribution in [0, 0.1) is 0 Å². The second kappa shape index (κ2) is 7.75. The van der Waals surface area contributed by atoms with Crippen LogP contribution in [-0.2, 0) is 6.54 Å². The number of aromatic nitrogens is 3. The molecule has 3 aromatic heterocycles. The van der Waals surface area contributed by atoms with Crippen LogP contribution >= 0.6 is 0 Å². The van der Waals surface area contributed by atoms with Crippen molar-refractivity contribution in [2.24, 2.45) is 0 Å². The van der Waals surface area contributed by atoms with Gasteiger partial charge in [-0.05, 0) is 47.9 Å². The van der Waals surface area contributed by atoms with Crippen molar-refractivity contribution in [3.05, 3.63) is 115 Å². The van der Waals surface area contributed by atoms with Gasteiger partial charge in [-0.1, -0.05) is 48.5 Å². The molecular formula is C28H22N4. The smallest absolute Gasteiger partial charge is 0.0722 e. The van der Waals surface area contributed by atoms with Crippen LogP contribution in [0.1, 0.15) is 5.69 Å². The molecule has 4 heteroatoms. The molecule has 0 fully saturated rings. The number of nitrogens with one attached hydrogen (secondary N) is 2. The SMILES string of the molecule is c1ccc(-c2ccccc2N(Cc2ccc[nH]2)c2cccc3ccc4cc[nH]c4c23)nc1. The minimum Gasteiger partial charge on any atom is -0.364 e. The molecule has 4 nitrogen and oxygen atoms in total. The number of para-hydroxylation sites is 1. The monoisotopic (exact) mass is 414 g/mol. The van der Waals surface area contributed by atoms with E-state index in [1.165, 1.54) is 16.2 Å². The molecule has 0 amide bonds. The quantitative estimate of drug-likeness (QED) is 0.317. The number of aromatic amines is 2. The van der Waals surface area contributed by atoms with Gasteiger partial charge in [0.15, 0.2) is 0 Å². The molecule has 3 heterocycles. The maximum Gasteiger partial charge on any atom is 0.0722 e. The fraction of sp³-hybridized carbons (Fsp3) is 0.0357. The molecule has 32 heavy (non-hydrogen) atoms. The Balaban J connectivity index is 1.63. The Labute approximate surface area is 186 Å². The first-order valence-corrected chi connectivity index (χ1v) is 10.8. The predicted molar refractivity (Wildman–Crippen MR) is 132 cm³/mol. The van der Waals surface area contributed by atoms with Crippen molar-refractivity contribution in [1.82, 2.24) is 15.0 Å². The Hall–Kier alpha value is -4.31. The summed E-state index contributed by atoms with van der Waals surface area (Å²) >= 11 is 0. The minimum atomic E-state index is 0.715. The van der Waals surface area contributed by atoms with E-state index in [2.05, 4.69) is 92.6 Å². The van der Waals surface area contributed by atoms with E-state index in [-0.39, 0.29) is 0 Å². The number of H-pyrrole nitrogens is 2. The zero-order valence-electron chi connectivity index (χ0n) is 17.5. The summed E-state index contributed by atoms with van der Waals surface area (Å²) < 4.78 is 0. The van der Waals surface area contributed by atoms with Gasteiger partial charge in [0, 0.05) is 40.6 Å². The molecule has 0 unspecified atom stereocenters. The number of benzene rings is 3. The van der Waals surface area contributed by atoms with Crippen molar-refractivity contribution in [3.63, 3.8) is 0 Å². The van der Waals surface area contributed by atoms with E-state index in [0.717, 1.165) is 33.8 Å².